The van der Waals surface area contributed by atoms with Crippen LogP contribution in [0.25, 0.3) is 0 Å². The molecule has 0 bridgehead atoms. The molecule has 0 aliphatic carbocycles. The van der Waals surface area contributed by atoms with Crippen LogP contribution in [0.2, 0.25) is 10.0 Å². The molecule has 7 heteroatoms. The van der Waals surface area contributed by atoms with Crippen molar-refractivity contribution in [3.8, 4) is 0 Å². The first-order chi connectivity index (χ1) is 13.5. The molecule has 144 valence electrons. The van der Waals surface area contributed by atoms with E-state index in [9.17, 15) is 10.1 Å². The lowest BCUT2D eigenvalue weighted by Crippen LogP contribution is -2.29. The van der Waals surface area contributed by atoms with E-state index in [1.165, 1.54) is 11.8 Å². The van der Waals surface area contributed by atoms with E-state index < -0.39 is 0 Å². The largest absolute Gasteiger partial charge is 0.350 e. The molecule has 0 spiro atoms. The first-order valence-electron chi connectivity index (χ1n) is 9.10. The lowest BCUT2D eigenvalue weighted by atomic mass is 10.0. The predicted molar refractivity (Wildman–Crippen MR) is 111 cm³/mol. The zero-order valence-corrected chi connectivity index (χ0v) is 16.6. The maximum atomic E-state index is 11.2. The van der Waals surface area contributed by atoms with Crippen LogP contribution in [-0.4, -0.2) is 20.9 Å². The molecule has 0 radical (unpaired) electrons. The summed E-state index contributed by atoms with van der Waals surface area (Å²) in [7, 11) is 0. The molecule has 28 heavy (non-hydrogen) atoms. The van der Waals surface area contributed by atoms with E-state index in [-0.39, 0.29) is 16.7 Å². The van der Waals surface area contributed by atoms with E-state index in [4.69, 9.17) is 23.2 Å². The van der Waals surface area contributed by atoms with Crippen molar-refractivity contribution in [1.82, 2.24) is 9.47 Å². The number of rotatable bonds is 4. The van der Waals surface area contributed by atoms with Gasteiger partial charge < -0.3 is 4.57 Å². The third-order valence-electron chi connectivity index (χ3n) is 5.13. The van der Waals surface area contributed by atoms with E-state index in [1.54, 1.807) is 12.1 Å². The highest BCUT2D eigenvalue weighted by Gasteiger charge is 2.28. The van der Waals surface area contributed by atoms with Crippen molar-refractivity contribution in [3.63, 3.8) is 0 Å². The maximum absolute atomic E-state index is 11.2. The number of halogens is 2. The van der Waals surface area contributed by atoms with Crippen molar-refractivity contribution in [3.05, 3.63) is 97.8 Å². The molecule has 0 amide bonds. The zero-order valence-electron chi connectivity index (χ0n) is 15.1. The number of fused-ring (bicyclic) bond motifs is 1. The molecule has 1 aliphatic rings. The van der Waals surface area contributed by atoms with Crippen LogP contribution in [0, 0.1) is 10.1 Å². The molecule has 2 heterocycles. The molecular formula is C21H19Cl2N3O2. The zero-order chi connectivity index (χ0) is 19.7. The molecule has 1 aromatic heterocycles. The number of aromatic nitrogens is 1. The van der Waals surface area contributed by atoms with Crippen molar-refractivity contribution >= 4 is 28.9 Å². The summed E-state index contributed by atoms with van der Waals surface area (Å²) in [5.74, 6) is 0. The van der Waals surface area contributed by atoms with Crippen molar-refractivity contribution < 1.29 is 4.92 Å². The van der Waals surface area contributed by atoms with Gasteiger partial charge in [-0.1, -0.05) is 35.3 Å². The molecule has 0 saturated carbocycles. The Labute approximate surface area is 173 Å². The number of non-ortho nitro benzene ring substituents is 1. The monoisotopic (exact) mass is 415 g/mol. The molecule has 0 fully saturated rings. The number of nitro groups is 1. The minimum Gasteiger partial charge on any atom is -0.350 e. The molecule has 1 aliphatic heterocycles. The summed E-state index contributed by atoms with van der Waals surface area (Å²) in [6, 6.07) is 16.6. The highest BCUT2D eigenvalue weighted by atomic mass is 35.5. The van der Waals surface area contributed by atoms with Gasteiger partial charge in [-0.25, -0.2) is 0 Å². The van der Waals surface area contributed by atoms with Crippen LogP contribution in [-0.2, 0) is 13.1 Å². The first-order valence-corrected chi connectivity index (χ1v) is 9.86. The molecule has 4 rings (SSSR count). The van der Waals surface area contributed by atoms with Gasteiger partial charge in [0, 0.05) is 53.7 Å². The molecule has 1 unspecified atom stereocenters. The number of nitro benzene ring substituents is 1. The predicted octanol–water partition coefficient (Wildman–Crippen LogP) is 5.70. The Hall–Kier alpha value is -2.34. The molecule has 0 N–H and O–H groups in total. The average molecular weight is 416 g/mol. The van der Waals surface area contributed by atoms with E-state index >= 15 is 0 Å². The Kier molecular flexibility index (Phi) is 5.40. The summed E-state index contributed by atoms with van der Waals surface area (Å²) in [6.45, 7) is 2.29. The van der Waals surface area contributed by atoms with Gasteiger partial charge in [-0.3, -0.25) is 15.0 Å². The molecule has 0 saturated heterocycles. The van der Waals surface area contributed by atoms with Crippen molar-refractivity contribution in [1.29, 1.82) is 0 Å². The van der Waals surface area contributed by atoms with Crippen LogP contribution in [0.5, 0.6) is 0 Å². The van der Waals surface area contributed by atoms with Gasteiger partial charge in [0.25, 0.3) is 5.69 Å². The standard InChI is InChI=1S/C21H19Cl2N3O2/c22-17-5-1-4-15(12-17)21-20-6-2-9-24(20)10-3-11-25(21)14-16-13-18(26(27)28)7-8-19(16)23/h1-2,4-9,12-13,21H,3,10-11,14H2. The van der Waals surface area contributed by atoms with E-state index in [1.807, 2.05) is 18.2 Å². The number of benzene rings is 2. The van der Waals surface area contributed by atoms with Gasteiger partial charge in [-0.05, 0) is 47.9 Å². The Morgan fingerprint density at radius 1 is 1.07 bits per heavy atom. The fraction of sp³-hybridized carbons (Fsp3) is 0.238. The minimum atomic E-state index is -0.387. The highest BCUT2D eigenvalue weighted by Crippen LogP contribution is 2.35. The fourth-order valence-corrected chi connectivity index (χ4v) is 4.26. The lowest BCUT2D eigenvalue weighted by Gasteiger charge is -2.31. The summed E-state index contributed by atoms with van der Waals surface area (Å²) < 4.78 is 2.26. The van der Waals surface area contributed by atoms with Crippen LogP contribution < -0.4 is 0 Å². The van der Waals surface area contributed by atoms with Crippen LogP contribution in [0.4, 0.5) is 5.69 Å². The van der Waals surface area contributed by atoms with Gasteiger partial charge in [-0.2, -0.15) is 0 Å². The quantitative estimate of drug-likeness (QED) is 0.405. The van der Waals surface area contributed by atoms with Crippen LogP contribution in [0.3, 0.4) is 0 Å². The van der Waals surface area contributed by atoms with Crippen LogP contribution >= 0.6 is 23.2 Å². The van der Waals surface area contributed by atoms with Gasteiger partial charge in [0.1, 0.15) is 0 Å². The number of nitrogens with zero attached hydrogens (tertiary/aromatic N) is 3. The van der Waals surface area contributed by atoms with Crippen LogP contribution in [0.15, 0.2) is 60.8 Å². The number of aryl methyl sites for hydroxylation is 1. The molecule has 2 aromatic carbocycles. The summed E-state index contributed by atoms with van der Waals surface area (Å²) in [4.78, 5) is 13.1. The summed E-state index contributed by atoms with van der Waals surface area (Å²) >= 11 is 12.7. The second-order valence-electron chi connectivity index (χ2n) is 6.94. The van der Waals surface area contributed by atoms with Gasteiger partial charge in [0.05, 0.1) is 11.0 Å². The SMILES string of the molecule is O=[N+]([O-])c1ccc(Cl)c(CN2CCCn3cccc3C2c2cccc(Cl)c2)c1. The highest BCUT2D eigenvalue weighted by molar-refractivity contribution is 6.31. The normalized spacial score (nSPS) is 17.1. The minimum absolute atomic E-state index is 0.00784. The topological polar surface area (TPSA) is 51.3 Å². The van der Waals surface area contributed by atoms with Gasteiger partial charge in [-0.15, -0.1) is 0 Å². The van der Waals surface area contributed by atoms with Gasteiger partial charge in [0.2, 0.25) is 0 Å². The molecular weight excluding hydrogens is 397 g/mol. The van der Waals surface area contributed by atoms with Gasteiger partial charge in [0.15, 0.2) is 0 Å². The van der Waals surface area contributed by atoms with E-state index in [2.05, 4.69) is 33.9 Å². The number of hydrogen-bond acceptors (Lipinski definition) is 3. The Balaban J connectivity index is 1.76. The summed E-state index contributed by atoms with van der Waals surface area (Å²) in [6.07, 6.45) is 3.07. The lowest BCUT2D eigenvalue weighted by molar-refractivity contribution is -0.384. The Morgan fingerprint density at radius 2 is 1.93 bits per heavy atom. The molecule has 5 nitrogen and oxygen atoms in total. The third-order valence-corrected chi connectivity index (χ3v) is 5.74. The maximum Gasteiger partial charge on any atom is 0.269 e. The number of hydrogen-bond donors (Lipinski definition) is 0. The van der Waals surface area contributed by atoms with Crippen molar-refractivity contribution in [2.45, 2.75) is 25.6 Å². The smallest absolute Gasteiger partial charge is 0.269 e. The molecule has 3 aromatic rings. The Morgan fingerprint density at radius 3 is 2.71 bits per heavy atom. The third kappa shape index (κ3) is 3.78. The second-order valence-corrected chi connectivity index (χ2v) is 7.78. The second kappa shape index (κ2) is 7.95. The van der Waals surface area contributed by atoms with Crippen molar-refractivity contribution in [2.24, 2.45) is 0 Å². The summed E-state index contributed by atoms with van der Waals surface area (Å²) in [5.41, 5.74) is 3.08. The molecule has 1 atom stereocenters. The first kappa shape index (κ1) is 19.0. The summed E-state index contributed by atoms with van der Waals surface area (Å²) in [5, 5.41) is 12.4. The fourth-order valence-electron chi connectivity index (χ4n) is 3.88. The van der Waals surface area contributed by atoms with Gasteiger partial charge >= 0.3 is 0 Å². The Bertz CT molecular complexity index is 1020. The average Bonchev–Trinajstić information content (AvgIpc) is 3.04. The van der Waals surface area contributed by atoms with E-state index in [0.717, 1.165) is 30.6 Å². The van der Waals surface area contributed by atoms with Crippen LogP contribution in [0.1, 0.15) is 29.3 Å². The van der Waals surface area contributed by atoms with E-state index in [0.29, 0.717) is 16.6 Å². The van der Waals surface area contributed by atoms with Crippen molar-refractivity contribution in [2.75, 3.05) is 6.54 Å².